The highest BCUT2D eigenvalue weighted by Crippen LogP contribution is 2.37. The first-order valence-corrected chi connectivity index (χ1v) is 19.5. The lowest BCUT2D eigenvalue weighted by Gasteiger charge is -2.16. The van der Waals surface area contributed by atoms with E-state index in [1.54, 1.807) is 0 Å². The van der Waals surface area contributed by atoms with Crippen LogP contribution in [-0.4, -0.2) is 69.9 Å². The molecule has 0 N–H and O–H groups in total. The van der Waals surface area contributed by atoms with Crippen molar-refractivity contribution in [2.24, 2.45) is 0 Å². The van der Waals surface area contributed by atoms with Crippen molar-refractivity contribution in [3.63, 3.8) is 0 Å². The Morgan fingerprint density at radius 3 is 1.53 bits per heavy atom. The van der Waals surface area contributed by atoms with Crippen LogP contribution in [0.4, 0.5) is 0 Å². The first kappa shape index (κ1) is 35.0. The van der Waals surface area contributed by atoms with E-state index in [9.17, 15) is 0 Å². The maximum atomic E-state index is 6.78. The van der Waals surface area contributed by atoms with Crippen molar-refractivity contribution in [3.05, 3.63) is 121 Å². The van der Waals surface area contributed by atoms with Gasteiger partial charge in [0.1, 0.15) is 77.3 Å². The summed E-state index contributed by atoms with van der Waals surface area (Å²) >= 11 is 0. The van der Waals surface area contributed by atoms with Crippen LogP contribution >= 0.6 is 0 Å². The molecule has 3 aromatic heterocycles. The van der Waals surface area contributed by atoms with Crippen molar-refractivity contribution >= 4 is 137 Å². The molecule has 0 aliphatic heterocycles. The van der Waals surface area contributed by atoms with Crippen molar-refractivity contribution in [1.82, 2.24) is 15.0 Å². The third kappa shape index (κ3) is 5.53. The van der Waals surface area contributed by atoms with E-state index in [-0.39, 0.29) is 0 Å². The third-order valence-electron chi connectivity index (χ3n) is 12.3. The van der Waals surface area contributed by atoms with Crippen LogP contribution in [0.25, 0.3) is 100 Å². The van der Waals surface area contributed by atoms with E-state index in [4.69, 9.17) is 23.8 Å². The van der Waals surface area contributed by atoms with E-state index in [2.05, 4.69) is 140 Å². The van der Waals surface area contributed by atoms with E-state index in [0.29, 0.717) is 17.5 Å². The largest absolute Gasteiger partial charge is 0.457 e. The van der Waals surface area contributed by atoms with Gasteiger partial charge in [-0.05, 0) is 39.8 Å². The summed E-state index contributed by atoms with van der Waals surface area (Å²) in [7, 11) is 15.5. The predicted octanol–water partition coefficient (Wildman–Crippen LogP) is -0.186. The molecule has 10 rings (SSSR count). The summed E-state index contributed by atoms with van der Waals surface area (Å²) in [5.41, 5.74) is 19.7. The normalized spacial score (nSPS) is 11.6. The topological polar surface area (TPSA) is 65.0 Å². The maximum Gasteiger partial charge on any atom is 0.164 e. The van der Waals surface area contributed by atoms with Gasteiger partial charge < -0.3 is 8.83 Å². The zero-order valence-electron chi connectivity index (χ0n) is 33.2. The summed E-state index contributed by atoms with van der Waals surface area (Å²) in [5.74, 6) is 1.81. The third-order valence-corrected chi connectivity index (χ3v) is 12.3. The smallest absolute Gasteiger partial charge is 0.164 e. The Kier molecular flexibility index (Phi) is 8.22. The molecule has 5 nitrogen and oxygen atoms in total. The van der Waals surface area contributed by atoms with Gasteiger partial charge in [0, 0.05) is 38.2 Å². The number of furan rings is 2. The zero-order valence-corrected chi connectivity index (χ0v) is 33.2. The molecule has 0 aliphatic rings. The fourth-order valence-corrected chi connectivity index (χ4v) is 8.74. The lowest BCUT2D eigenvalue weighted by molar-refractivity contribution is 0.669. The number of rotatable bonds is 5. The molecule has 0 aliphatic carbocycles. The first-order chi connectivity index (χ1) is 27.7. The Bertz CT molecular complexity index is 3250. The number of aromatic nitrogens is 3. The molecule has 0 amide bonds. The van der Waals surface area contributed by atoms with Crippen LogP contribution in [0.2, 0.25) is 0 Å². The Hall–Kier alpha value is -6.40. The number of fused-ring (bicyclic) bond motifs is 6. The van der Waals surface area contributed by atoms with Crippen molar-refractivity contribution < 1.29 is 8.83 Å². The Morgan fingerprint density at radius 1 is 0.333 bits per heavy atom. The van der Waals surface area contributed by atoms with Gasteiger partial charge in [-0.2, -0.15) is 0 Å². The highest BCUT2D eigenvalue weighted by molar-refractivity contribution is 6.69. The number of benzene rings is 7. The molecule has 7 aromatic carbocycles. The lowest BCUT2D eigenvalue weighted by atomic mass is 9.64. The van der Waals surface area contributed by atoms with Crippen molar-refractivity contribution in [1.29, 1.82) is 0 Å². The molecule has 0 saturated heterocycles. The number of para-hydroxylation sites is 1. The maximum absolute atomic E-state index is 6.78. The van der Waals surface area contributed by atoms with Crippen molar-refractivity contribution in [3.8, 4) is 56.4 Å². The summed E-state index contributed by atoms with van der Waals surface area (Å²) in [4.78, 5) is 15.4. The van der Waals surface area contributed by atoms with Crippen LogP contribution in [0.1, 0.15) is 0 Å². The Labute approximate surface area is 337 Å². The number of hydrogen-bond donors (Lipinski definition) is 0. The van der Waals surface area contributed by atoms with E-state index in [1.165, 1.54) is 49.1 Å². The molecular formula is C45H34B7N3O2. The SMILES string of the molecule is Bc1c(B)c(B)c2c(oc3c(B)c(-c4ccc(-c5nc(-c6ccc(-c7ccccc7)cc6)nc(-c6cccc7oc8ccccc8c67)n5)cc4)c(B)c(B)c32)c1B. The van der Waals surface area contributed by atoms with Gasteiger partial charge in [0.15, 0.2) is 17.5 Å². The summed E-state index contributed by atoms with van der Waals surface area (Å²) in [6.07, 6.45) is 0. The molecule has 57 heavy (non-hydrogen) atoms. The van der Waals surface area contributed by atoms with Gasteiger partial charge in [0.25, 0.3) is 0 Å². The highest BCUT2D eigenvalue weighted by Gasteiger charge is 2.23. The minimum atomic E-state index is 0.595. The van der Waals surface area contributed by atoms with Crippen LogP contribution < -0.4 is 38.2 Å². The minimum Gasteiger partial charge on any atom is -0.457 e. The quantitative estimate of drug-likeness (QED) is 0.231. The van der Waals surface area contributed by atoms with E-state index >= 15 is 0 Å². The molecule has 10 aromatic rings. The Morgan fingerprint density at radius 2 is 0.842 bits per heavy atom. The van der Waals surface area contributed by atoms with Gasteiger partial charge in [-0.15, -0.1) is 5.46 Å². The molecule has 262 valence electrons. The van der Waals surface area contributed by atoms with Crippen LogP contribution in [0.5, 0.6) is 0 Å². The zero-order chi connectivity index (χ0) is 39.1. The highest BCUT2D eigenvalue weighted by atomic mass is 16.3. The van der Waals surface area contributed by atoms with Gasteiger partial charge in [-0.1, -0.05) is 137 Å². The summed E-state index contributed by atoms with van der Waals surface area (Å²) in [6, 6.07) is 41.7. The van der Waals surface area contributed by atoms with Crippen molar-refractivity contribution in [2.75, 3.05) is 0 Å². The standard InChI is InChI=1S/C45H34B7N3O2/c46-34-30(37(49)41-32(35(34)47)33-36(48)38(50)39(51)40(52)42(33)57-41)23-15-19-25(20-16-23)44-53-43(24-17-13-22(14-18-24)21-7-2-1-3-8-21)54-45(55-44)27-10-6-12-29-31(27)26-9-4-5-11-28(26)56-29/h1-20H,46-52H2. The van der Waals surface area contributed by atoms with Gasteiger partial charge in [-0.3, -0.25) is 0 Å². The van der Waals surface area contributed by atoms with Crippen LogP contribution in [0.15, 0.2) is 130 Å². The Balaban J connectivity index is 1.12. The number of hydrogen-bond acceptors (Lipinski definition) is 5. The first-order valence-electron chi connectivity index (χ1n) is 19.5. The van der Waals surface area contributed by atoms with E-state index < -0.39 is 0 Å². The molecule has 3 heterocycles. The van der Waals surface area contributed by atoms with Crippen molar-refractivity contribution in [2.45, 2.75) is 0 Å². The second kappa shape index (κ2) is 13.4. The molecule has 0 spiro atoms. The minimum absolute atomic E-state index is 0.595. The fourth-order valence-electron chi connectivity index (χ4n) is 8.74. The van der Waals surface area contributed by atoms with E-state index in [1.807, 2.05) is 36.4 Å². The van der Waals surface area contributed by atoms with Gasteiger partial charge in [0.05, 0.1) is 0 Å². The molecule has 0 unspecified atom stereocenters. The van der Waals surface area contributed by atoms with Crippen LogP contribution in [0.3, 0.4) is 0 Å². The average Bonchev–Trinajstić information content (AvgIpc) is 3.85. The molecular weight excluding hydrogens is 690 g/mol. The molecule has 0 saturated carbocycles. The summed E-state index contributed by atoms with van der Waals surface area (Å²) in [6.45, 7) is 0. The molecule has 12 heteroatoms. The van der Waals surface area contributed by atoms with Crippen LogP contribution in [-0.2, 0) is 0 Å². The fraction of sp³-hybridized carbons (Fsp3) is 0. The molecule has 0 atom stereocenters. The van der Waals surface area contributed by atoms with Gasteiger partial charge >= 0.3 is 0 Å². The average molecular weight is 724 g/mol. The predicted molar refractivity (Wildman–Crippen MR) is 259 cm³/mol. The van der Waals surface area contributed by atoms with Gasteiger partial charge in [-0.25, -0.2) is 15.0 Å². The molecule has 0 radical (unpaired) electrons. The monoisotopic (exact) mass is 725 g/mol. The second-order valence-electron chi connectivity index (χ2n) is 15.4. The second-order valence-corrected chi connectivity index (χ2v) is 15.4. The molecule has 0 fully saturated rings. The number of nitrogens with zero attached hydrogens (tertiary/aromatic N) is 3. The van der Waals surface area contributed by atoms with Crippen LogP contribution in [0, 0.1) is 0 Å². The van der Waals surface area contributed by atoms with Gasteiger partial charge in [0.2, 0.25) is 0 Å². The molecule has 0 bridgehead atoms. The van der Waals surface area contributed by atoms with E-state index in [0.717, 1.165) is 71.9 Å². The summed E-state index contributed by atoms with van der Waals surface area (Å²) in [5, 5.41) is 4.49. The lowest BCUT2D eigenvalue weighted by Crippen LogP contribution is -2.47. The summed E-state index contributed by atoms with van der Waals surface area (Å²) < 4.78 is 13.1.